The van der Waals surface area contributed by atoms with Crippen molar-refractivity contribution in [2.45, 2.75) is 39.9 Å². The smallest absolute Gasteiger partial charge is 0.155 e. The van der Waals surface area contributed by atoms with Gasteiger partial charge in [0.2, 0.25) is 0 Å². The normalized spacial score (nSPS) is 11.3. The molecule has 0 N–H and O–H groups in total. The maximum atomic E-state index is 5.16. The summed E-state index contributed by atoms with van der Waals surface area (Å²) in [7, 11) is 0.193. The van der Waals surface area contributed by atoms with Gasteiger partial charge in [-0.25, -0.2) is 0 Å². The molecule has 0 saturated carbocycles. The Labute approximate surface area is 58.9 Å². The first-order valence-electron chi connectivity index (χ1n) is 3.19. The van der Waals surface area contributed by atoms with E-state index in [1.165, 1.54) is 0 Å². The third-order valence-electron chi connectivity index (χ3n) is 0.568. The zero-order valence-electron chi connectivity index (χ0n) is 6.47. The largest absolute Gasteiger partial charge is 0.334 e. The van der Waals surface area contributed by atoms with Crippen molar-refractivity contribution >= 4 is 9.03 Å². The molecule has 0 aliphatic heterocycles. The summed E-state index contributed by atoms with van der Waals surface area (Å²) >= 11 is 0. The Morgan fingerprint density at radius 1 is 0.889 bits per heavy atom. The Hall–Kier alpha value is 0.350. The minimum Gasteiger partial charge on any atom is -0.334 e. The van der Waals surface area contributed by atoms with Gasteiger partial charge in [-0.2, -0.15) is 0 Å². The average Bonchev–Trinajstić information content (AvgIpc) is 1.63. The van der Waals surface area contributed by atoms with Crippen LogP contribution >= 0.6 is 9.03 Å². The number of hydrogen-bond acceptors (Lipinski definition) is 2. The summed E-state index contributed by atoms with van der Waals surface area (Å²) in [6.45, 7) is 7.99. The summed E-state index contributed by atoms with van der Waals surface area (Å²) in [6.07, 6.45) is 0.559. The molecule has 0 aliphatic rings. The molecular formula is C6H15O2P. The zero-order chi connectivity index (χ0) is 7.28. The minimum atomic E-state index is 0.193. The molecule has 9 heavy (non-hydrogen) atoms. The van der Waals surface area contributed by atoms with Gasteiger partial charge in [-0.3, -0.25) is 0 Å². The van der Waals surface area contributed by atoms with E-state index in [9.17, 15) is 0 Å². The predicted molar refractivity (Wildman–Crippen MR) is 40.8 cm³/mol. The van der Waals surface area contributed by atoms with Crippen molar-refractivity contribution in [3.05, 3.63) is 0 Å². The molecule has 3 heteroatoms. The quantitative estimate of drug-likeness (QED) is 0.572. The summed E-state index contributed by atoms with van der Waals surface area (Å²) in [5.41, 5.74) is 0. The van der Waals surface area contributed by atoms with Crippen molar-refractivity contribution in [1.82, 2.24) is 0 Å². The number of hydrogen-bond donors (Lipinski definition) is 0. The summed E-state index contributed by atoms with van der Waals surface area (Å²) in [5.74, 6) is 0. The van der Waals surface area contributed by atoms with Gasteiger partial charge in [0.25, 0.3) is 0 Å². The van der Waals surface area contributed by atoms with E-state index in [0.717, 1.165) is 0 Å². The van der Waals surface area contributed by atoms with Gasteiger partial charge in [0.15, 0.2) is 9.03 Å². The molecule has 0 bridgehead atoms. The van der Waals surface area contributed by atoms with Crippen LogP contribution < -0.4 is 0 Å². The second-order valence-electron chi connectivity index (χ2n) is 2.42. The maximum Gasteiger partial charge on any atom is 0.155 e. The fourth-order valence-corrected chi connectivity index (χ4v) is 0.661. The lowest BCUT2D eigenvalue weighted by Crippen LogP contribution is -1.98. The van der Waals surface area contributed by atoms with Gasteiger partial charge < -0.3 is 9.05 Å². The predicted octanol–water partition coefficient (Wildman–Crippen LogP) is 2.34. The standard InChI is InChI=1S/C6H15O2P/c1-5(2)7-9-8-6(3)4/h5-6,9H,1-4H3. The van der Waals surface area contributed by atoms with Gasteiger partial charge in [-0.05, 0) is 27.7 Å². The third kappa shape index (κ3) is 8.35. The van der Waals surface area contributed by atoms with Crippen molar-refractivity contribution in [3.8, 4) is 0 Å². The van der Waals surface area contributed by atoms with Crippen LogP contribution in [0.25, 0.3) is 0 Å². The molecule has 0 aromatic carbocycles. The van der Waals surface area contributed by atoms with Crippen LogP contribution in [0.2, 0.25) is 0 Å². The van der Waals surface area contributed by atoms with E-state index in [4.69, 9.17) is 9.05 Å². The van der Waals surface area contributed by atoms with Crippen LogP contribution in [0.1, 0.15) is 27.7 Å². The molecular weight excluding hydrogens is 135 g/mol. The molecule has 0 heterocycles. The molecule has 0 unspecified atom stereocenters. The van der Waals surface area contributed by atoms with E-state index < -0.39 is 0 Å². The molecule has 0 rings (SSSR count). The minimum absolute atomic E-state index is 0.193. The topological polar surface area (TPSA) is 18.5 Å². The third-order valence-corrected chi connectivity index (χ3v) is 1.70. The second-order valence-corrected chi connectivity index (χ2v) is 3.05. The molecule has 0 aromatic rings. The number of rotatable bonds is 4. The van der Waals surface area contributed by atoms with Crippen LogP contribution in [0.5, 0.6) is 0 Å². The van der Waals surface area contributed by atoms with Gasteiger partial charge in [-0.15, -0.1) is 0 Å². The molecule has 0 amide bonds. The van der Waals surface area contributed by atoms with Crippen LogP contribution in [0.4, 0.5) is 0 Å². The van der Waals surface area contributed by atoms with E-state index in [1.54, 1.807) is 0 Å². The molecule has 0 aliphatic carbocycles. The molecule has 0 aromatic heterocycles. The molecule has 56 valence electrons. The van der Waals surface area contributed by atoms with Crippen LogP contribution in [-0.4, -0.2) is 12.2 Å². The Bertz CT molecular complexity index is 56.1. The average molecular weight is 150 g/mol. The summed E-state index contributed by atoms with van der Waals surface area (Å²) in [5, 5.41) is 0. The van der Waals surface area contributed by atoms with Gasteiger partial charge in [-0.1, -0.05) is 0 Å². The first kappa shape index (κ1) is 9.35. The Morgan fingerprint density at radius 2 is 1.22 bits per heavy atom. The lowest BCUT2D eigenvalue weighted by molar-refractivity contribution is 0.192. The highest BCUT2D eigenvalue weighted by molar-refractivity contribution is 7.26. The molecule has 0 spiro atoms. The van der Waals surface area contributed by atoms with Crippen molar-refractivity contribution in [3.63, 3.8) is 0 Å². The van der Waals surface area contributed by atoms with Crippen LogP contribution in [0.3, 0.4) is 0 Å². The Morgan fingerprint density at radius 3 is 1.44 bits per heavy atom. The molecule has 0 saturated heterocycles. The molecule has 0 radical (unpaired) electrons. The zero-order valence-corrected chi connectivity index (χ0v) is 7.47. The monoisotopic (exact) mass is 150 g/mol. The van der Waals surface area contributed by atoms with E-state index >= 15 is 0 Å². The van der Waals surface area contributed by atoms with E-state index in [2.05, 4.69) is 0 Å². The van der Waals surface area contributed by atoms with Crippen molar-refractivity contribution in [2.75, 3.05) is 0 Å². The van der Waals surface area contributed by atoms with Gasteiger partial charge >= 0.3 is 0 Å². The van der Waals surface area contributed by atoms with Crippen molar-refractivity contribution < 1.29 is 9.05 Å². The van der Waals surface area contributed by atoms with Crippen molar-refractivity contribution in [2.24, 2.45) is 0 Å². The highest BCUT2D eigenvalue weighted by Gasteiger charge is 1.94. The van der Waals surface area contributed by atoms with Gasteiger partial charge in [0.1, 0.15) is 0 Å². The Kier molecular flexibility index (Phi) is 5.36. The summed E-state index contributed by atoms with van der Waals surface area (Å²) in [6, 6.07) is 0. The Balaban J connectivity index is 2.91. The van der Waals surface area contributed by atoms with Gasteiger partial charge in [0.05, 0.1) is 12.2 Å². The lowest BCUT2D eigenvalue weighted by Gasteiger charge is -2.08. The van der Waals surface area contributed by atoms with E-state index in [1.807, 2.05) is 27.7 Å². The highest BCUT2D eigenvalue weighted by Crippen LogP contribution is 2.18. The SMILES string of the molecule is CC(C)OPOC(C)C. The van der Waals surface area contributed by atoms with Gasteiger partial charge in [0, 0.05) is 0 Å². The van der Waals surface area contributed by atoms with Crippen LogP contribution in [0.15, 0.2) is 0 Å². The van der Waals surface area contributed by atoms with E-state index in [-0.39, 0.29) is 21.2 Å². The molecule has 0 fully saturated rings. The van der Waals surface area contributed by atoms with Crippen molar-refractivity contribution in [1.29, 1.82) is 0 Å². The first-order chi connectivity index (χ1) is 4.13. The fraction of sp³-hybridized carbons (Fsp3) is 1.00. The second kappa shape index (κ2) is 5.16. The first-order valence-corrected chi connectivity index (χ1v) is 4.01. The molecule has 0 atom stereocenters. The lowest BCUT2D eigenvalue weighted by atomic mass is 10.5. The summed E-state index contributed by atoms with van der Waals surface area (Å²) in [4.78, 5) is 0. The summed E-state index contributed by atoms with van der Waals surface area (Å²) < 4.78 is 10.3. The highest BCUT2D eigenvalue weighted by atomic mass is 31.1. The van der Waals surface area contributed by atoms with E-state index in [0.29, 0.717) is 0 Å². The molecule has 2 nitrogen and oxygen atoms in total. The fourth-order valence-electron chi connectivity index (χ4n) is 0.220. The van der Waals surface area contributed by atoms with Crippen LogP contribution in [-0.2, 0) is 9.05 Å². The van der Waals surface area contributed by atoms with Crippen LogP contribution in [0, 0.1) is 0 Å². The maximum absolute atomic E-state index is 5.16.